The van der Waals surface area contributed by atoms with Crippen molar-refractivity contribution in [3.05, 3.63) is 58.9 Å². The Hall–Kier alpha value is -2.82. The fourth-order valence-electron chi connectivity index (χ4n) is 4.63. The van der Waals surface area contributed by atoms with Crippen molar-refractivity contribution in [2.45, 2.75) is 45.1 Å². The summed E-state index contributed by atoms with van der Waals surface area (Å²) >= 11 is 1.36. The summed E-state index contributed by atoms with van der Waals surface area (Å²) in [5, 5.41) is 0. The highest BCUT2D eigenvalue weighted by atomic mass is 32.2. The molecule has 0 aliphatic carbocycles. The van der Waals surface area contributed by atoms with E-state index >= 15 is 0 Å². The summed E-state index contributed by atoms with van der Waals surface area (Å²) in [6.07, 6.45) is 1.18. The molecule has 2 unspecified atom stereocenters. The first kappa shape index (κ1) is 26.2. The summed E-state index contributed by atoms with van der Waals surface area (Å²) in [5.41, 5.74) is 1.17. The molecule has 3 aromatic rings. The van der Waals surface area contributed by atoms with Crippen LogP contribution in [0, 0.1) is 11.8 Å². The number of nitrogens with zero attached hydrogens (tertiary/aromatic N) is 3. The first-order chi connectivity index (χ1) is 17.2. The molecule has 1 aromatic heterocycles. The minimum Gasteiger partial charge on any atom is -0.466 e. The van der Waals surface area contributed by atoms with Gasteiger partial charge in [-0.2, -0.15) is 9.30 Å². The predicted molar refractivity (Wildman–Crippen MR) is 139 cm³/mol. The van der Waals surface area contributed by atoms with Gasteiger partial charge in [0.2, 0.25) is 10.0 Å². The summed E-state index contributed by atoms with van der Waals surface area (Å²) in [6, 6.07) is 13.6. The second kappa shape index (κ2) is 11.1. The van der Waals surface area contributed by atoms with Gasteiger partial charge in [0.05, 0.1) is 28.1 Å². The molecule has 192 valence electrons. The molecule has 4 rings (SSSR count). The van der Waals surface area contributed by atoms with E-state index in [1.54, 1.807) is 6.92 Å². The SMILES string of the molecule is CCOC(=O)CCn1c(=NC(=O)c2ccc(S(=O)(=O)N3CC(C)CC(C)C3)cc2)sc2ccccc21. The van der Waals surface area contributed by atoms with Crippen molar-refractivity contribution in [2.24, 2.45) is 16.8 Å². The van der Waals surface area contributed by atoms with Crippen molar-refractivity contribution < 1.29 is 22.7 Å². The number of ether oxygens (including phenoxy) is 1. The van der Waals surface area contributed by atoms with Gasteiger partial charge in [0.25, 0.3) is 5.91 Å². The van der Waals surface area contributed by atoms with Crippen molar-refractivity contribution in [3.63, 3.8) is 0 Å². The molecule has 2 atom stereocenters. The van der Waals surface area contributed by atoms with Crippen LogP contribution in [-0.4, -0.2) is 48.9 Å². The van der Waals surface area contributed by atoms with Crippen LogP contribution in [0.1, 0.15) is 44.0 Å². The molecule has 8 nitrogen and oxygen atoms in total. The highest BCUT2D eigenvalue weighted by molar-refractivity contribution is 7.89. The number of amides is 1. The molecule has 0 N–H and O–H groups in total. The van der Waals surface area contributed by atoms with Crippen molar-refractivity contribution >= 4 is 43.5 Å². The standard InChI is InChI=1S/C26H31N3O5S2/c1-4-34-24(30)13-14-29-22-7-5-6-8-23(22)35-26(29)27-25(31)20-9-11-21(12-10-20)36(32,33)28-16-18(2)15-19(3)17-28/h5-12,18-19H,4,13-17H2,1-3H3. The quantitative estimate of drug-likeness (QED) is 0.430. The zero-order chi connectivity index (χ0) is 25.9. The topological polar surface area (TPSA) is 98.0 Å². The predicted octanol–water partition coefficient (Wildman–Crippen LogP) is 4.06. The fourth-order valence-corrected chi connectivity index (χ4v) is 7.36. The van der Waals surface area contributed by atoms with Gasteiger partial charge in [-0.1, -0.05) is 37.3 Å². The summed E-state index contributed by atoms with van der Waals surface area (Å²) in [4.78, 5) is 29.9. The molecule has 1 aliphatic rings. The summed E-state index contributed by atoms with van der Waals surface area (Å²) in [7, 11) is -3.63. The lowest BCUT2D eigenvalue weighted by atomic mass is 9.94. The Morgan fingerprint density at radius 3 is 2.39 bits per heavy atom. The van der Waals surface area contributed by atoms with Crippen molar-refractivity contribution in [1.29, 1.82) is 0 Å². The number of hydrogen-bond acceptors (Lipinski definition) is 6. The first-order valence-electron chi connectivity index (χ1n) is 12.1. The van der Waals surface area contributed by atoms with Crippen molar-refractivity contribution in [2.75, 3.05) is 19.7 Å². The number of aryl methyl sites for hydroxylation is 1. The fraction of sp³-hybridized carbons (Fsp3) is 0.423. The normalized spacial score (nSPS) is 19.5. The van der Waals surface area contributed by atoms with Crippen molar-refractivity contribution in [1.82, 2.24) is 8.87 Å². The lowest BCUT2D eigenvalue weighted by Gasteiger charge is -2.34. The van der Waals surface area contributed by atoms with Crippen LogP contribution in [0.2, 0.25) is 0 Å². The van der Waals surface area contributed by atoms with Gasteiger partial charge >= 0.3 is 5.97 Å². The Morgan fingerprint density at radius 1 is 1.06 bits per heavy atom. The van der Waals surface area contributed by atoms with Gasteiger partial charge in [0.1, 0.15) is 0 Å². The number of carbonyl (C=O) groups excluding carboxylic acids is 2. The van der Waals surface area contributed by atoms with E-state index < -0.39 is 15.9 Å². The van der Waals surface area contributed by atoms with Gasteiger partial charge in [-0.3, -0.25) is 9.59 Å². The number of carbonyl (C=O) groups is 2. The molecule has 1 saturated heterocycles. The molecule has 2 aromatic carbocycles. The Balaban J connectivity index is 1.59. The molecule has 0 bridgehead atoms. The average molecular weight is 530 g/mol. The van der Waals surface area contributed by atoms with Gasteiger partial charge in [-0.05, 0) is 61.6 Å². The van der Waals surface area contributed by atoms with E-state index in [9.17, 15) is 18.0 Å². The summed E-state index contributed by atoms with van der Waals surface area (Å²) in [6.45, 7) is 7.53. The number of sulfonamides is 1. The number of piperidine rings is 1. The second-order valence-electron chi connectivity index (χ2n) is 9.27. The Labute approximate surface area is 215 Å². The number of rotatable bonds is 7. The van der Waals surface area contributed by atoms with Gasteiger partial charge in [-0.25, -0.2) is 8.42 Å². The molecule has 0 spiro atoms. The van der Waals surface area contributed by atoms with Crippen LogP contribution in [-0.2, 0) is 26.1 Å². The number of esters is 1. The van der Waals surface area contributed by atoms with E-state index in [-0.39, 0.29) is 17.3 Å². The average Bonchev–Trinajstić information content (AvgIpc) is 3.19. The zero-order valence-electron chi connectivity index (χ0n) is 20.7. The number of fused-ring (bicyclic) bond motifs is 1. The van der Waals surface area contributed by atoms with E-state index in [2.05, 4.69) is 18.8 Å². The molecule has 36 heavy (non-hydrogen) atoms. The number of benzene rings is 2. The molecule has 0 radical (unpaired) electrons. The van der Waals surface area contributed by atoms with Gasteiger partial charge in [0, 0.05) is 25.2 Å². The highest BCUT2D eigenvalue weighted by Gasteiger charge is 2.31. The Kier molecular flexibility index (Phi) is 8.07. The molecule has 1 aliphatic heterocycles. The lowest BCUT2D eigenvalue weighted by molar-refractivity contribution is -0.143. The third kappa shape index (κ3) is 5.77. The molecule has 10 heteroatoms. The van der Waals surface area contributed by atoms with E-state index in [1.807, 2.05) is 28.8 Å². The molecule has 1 fully saturated rings. The lowest BCUT2D eigenvalue weighted by Crippen LogP contribution is -2.42. The van der Waals surface area contributed by atoms with Gasteiger partial charge < -0.3 is 9.30 Å². The number of aromatic nitrogens is 1. The summed E-state index contributed by atoms with van der Waals surface area (Å²) in [5.74, 6) is -0.178. The third-order valence-electron chi connectivity index (χ3n) is 6.20. The van der Waals surface area contributed by atoms with Crippen LogP contribution in [0.15, 0.2) is 58.4 Å². The van der Waals surface area contributed by atoms with E-state index in [1.165, 1.54) is 39.9 Å². The van der Waals surface area contributed by atoms with Crippen molar-refractivity contribution in [3.8, 4) is 0 Å². The number of para-hydroxylation sites is 1. The maximum atomic E-state index is 13.1. The minimum absolute atomic E-state index is 0.163. The van der Waals surface area contributed by atoms with E-state index in [0.29, 0.717) is 48.4 Å². The maximum Gasteiger partial charge on any atom is 0.307 e. The van der Waals surface area contributed by atoms with Crippen LogP contribution >= 0.6 is 11.3 Å². The Bertz CT molecular complexity index is 1410. The molecule has 0 saturated carbocycles. The zero-order valence-corrected chi connectivity index (χ0v) is 22.3. The third-order valence-corrected chi connectivity index (χ3v) is 9.11. The summed E-state index contributed by atoms with van der Waals surface area (Å²) < 4.78 is 35.7. The van der Waals surface area contributed by atoms with Crippen LogP contribution in [0.25, 0.3) is 10.2 Å². The van der Waals surface area contributed by atoms with Gasteiger partial charge in [-0.15, -0.1) is 0 Å². The highest BCUT2D eigenvalue weighted by Crippen LogP contribution is 2.27. The van der Waals surface area contributed by atoms with Crippen LogP contribution in [0.5, 0.6) is 0 Å². The molecule has 2 heterocycles. The monoisotopic (exact) mass is 529 g/mol. The molecular weight excluding hydrogens is 498 g/mol. The number of thiazole rings is 1. The first-order valence-corrected chi connectivity index (χ1v) is 14.4. The second-order valence-corrected chi connectivity index (χ2v) is 12.2. The van der Waals surface area contributed by atoms with Crippen LogP contribution in [0.4, 0.5) is 0 Å². The molecular formula is C26H31N3O5S2. The minimum atomic E-state index is -3.63. The van der Waals surface area contributed by atoms with Crippen LogP contribution < -0.4 is 4.80 Å². The Morgan fingerprint density at radius 2 is 1.72 bits per heavy atom. The molecule has 1 amide bonds. The van der Waals surface area contributed by atoms with Gasteiger partial charge in [0.15, 0.2) is 4.80 Å². The van der Waals surface area contributed by atoms with E-state index in [0.717, 1.165) is 16.6 Å². The number of hydrogen-bond donors (Lipinski definition) is 0. The maximum absolute atomic E-state index is 13.1. The largest absolute Gasteiger partial charge is 0.466 e. The van der Waals surface area contributed by atoms with Crippen LogP contribution in [0.3, 0.4) is 0 Å². The smallest absolute Gasteiger partial charge is 0.307 e. The van der Waals surface area contributed by atoms with E-state index in [4.69, 9.17) is 4.74 Å².